The number of anilines is 1. The fraction of sp³-hybridized carbons (Fsp3) is 0.444. The van der Waals surface area contributed by atoms with Gasteiger partial charge in [-0.05, 0) is 24.9 Å². The molecule has 15 heavy (non-hydrogen) atoms. The summed E-state index contributed by atoms with van der Waals surface area (Å²) in [6.45, 7) is 4.18. The number of aromatic nitrogens is 4. The molecule has 0 fully saturated rings. The molecule has 80 valence electrons. The van der Waals surface area contributed by atoms with Crippen LogP contribution in [-0.2, 0) is 0 Å². The van der Waals surface area contributed by atoms with Crippen LogP contribution in [0.15, 0.2) is 6.33 Å². The van der Waals surface area contributed by atoms with Crippen LogP contribution in [0.5, 0.6) is 0 Å². The lowest BCUT2D eigenvalue weighted by Crippen LogP contribution is -2.15. The van der Waals surface area contributed by atoms with Crippen molar-refractivity contribution in [1.82, 2.24) is 19.9 Å². The zero-order chi connectivity index (χ0) is 10.8. The van der Waals surface area contributed by atoms with E-state index in [4.69, 9.17) is 11.6 Å². The number of fused-ring (bicyclic) bond motifs is 1. The van der Waals surface area contributed by atoms with Crippen molar-refractivity contribution >= 4 is 28.6 Å². The minimum Gasteiger partial charge on any atom is -0.366 e. The molecule has 0 radical (unpaired) electrons. The number of nitrogens with zero attached hydrogens (tertiary/aromatic N) is 3. The van der Waals surface area contributed by atoms with E-state index in [0.717, 1.165) is 11.9 Å². The quantitative estimate of drug-likeness (QED) is 0.786. The first-order valence-electron chi connectivity index (χ1n) is 4.84. The fourth-order valence-electron chi connectivity index (χ4n) is 1.25. The second-order valence-corrected chi connectivity index (χ2v) is 3.73. The molecular weight excluding hydrogens is 214 g/mol. The zero-order valence-corrected chi connectivity index (χ0v) is 9.34. The lowest BCUT2D eigenvalue weighted by Gasteiger charge is -2.12. The van der Waals surface area contributed by atoms with Crippen LogP contribution in [0.2, 0.25) is 5.28 Å². The average molecular weight is 226 g/mol. The molecule has 0 aliphatic carbocycles. The predicted molar refractivity (Wildman–Crippen MR) is 60.1 cm³/mol. The van der Waals surface area contributed by atoms with Gasteiger partial charge in [-0.1, -0.05) is 6.92 Å². The van der Waals surface area contributed by atoms with Crippen LogP contribution < -0.4 is 5.32 Å². The molecule has 6 heteroatoms. The van der Waals surface area contributed by atoms with E-state index in [1.807, 2.05) is 0 Å². The molecule has 0 amide bonds. The zero-order valence-electron chi connectivity index (χ0n) is 8.58. The molecule has 5 nitrogen and oxygen atoms in total. The van der Waals surface area contributed by atoms with Crippen molar-refractivity contribution in [3.63, 3.8) is 0 Å². The minimum absolute atomic E-state index is 0.209. The Morgan fingerprint density at radius 2 is 2.33 bits per heavy atom. The van der Waals surface area contributed by atoms with Gasteiger partial charge in [-0.25, -0.2) is 4.98 Å². The van der Waals surface area contributed by atoms with E-state index in [0.29, 0.717) is 17.5 Å². The van der Waals surface area contributed by atoms with Crippen molar-refractivity contribution in [2.45, 2.75) is 26.3 Å². The molecule has 0 unspecified atom stereocenters. The average Bonchev–Trinajstić information content (AvgIpc) is 2.65. The Balaban J connectivity index is 2.44. The van der Waals surface area contributed by atoms with Gasteiger partial charge in [0.1, 0.15) is 5.52 Å². The Bertz CT molecular complexity index is 466. The van der Waals surface area contributed by atoms with E-state index in [9.17, 15) is 0 Å². The molecule has 2 aromatic rings. The number of nitrogens with one attached hydrogen (secondary N) is 2. The third-order valence-corrected chi connectivity index (χ3v) is 2.42. The second kappa shape index (κ2) is 4.02. The summed E-state index contributed by atoms with van der Waals surface area (Å²) in [6, 6.07) is 0.336. The van der Waals surface area contributed by atoms with Gasteiger partial charge in [0.2, 0.25) is 5.28 Å². The molecule has 0 saturated carbocycles. The predicted octanol–water partition coefficient (Wildman–Crippen LogP) is 2.22. The number of hydrogen-bond acceptors (Lipinski definition) is 4. The van der Waals surface area contributed by atoms with Crippen LogP contribution in [0, 0.1) is 0 Å². The van der Waals surface area contributed by atoms with Gasteiger partial charge in [-0.2, -0.15) is 9.97 Å². The van der Waals surface area contributed by atoms with Crippen molar-refractivity contribution < 1.29 is 0 Å². The number of imidazole rings is 1. The van der Waals surface area contributed by atoms with Crippen LogP contribution in [0.4, 0.5) is 5.82 Å². The summed E-state index contributed by atoms with van der Waals surface area (Å²) in [5.41, 5.74) is 1.38. The number of H-pyrrole nitrogens is 1. The summed E-state index contributed by atoms with van der Waals surface area (Å²) >= 11 is 5.79. The molecular formula is C9H12ClN5. The number of halogens is 1. The molecule has 0 spiro atoms. The van der Waals surface area contributed by atoms with Crippen molar-refractivity contribution in [1.29, 1.82) is 0 Å². The van der Waals surface area contributed by atoms with Gasteiger partial charge in [-0.15, -0.1) is 0 Å². The van der Waals surface area contributed by atoms with Crippen LogP contribution >= 0.6 is 11.6 Å². The second-order valence-electron chi connectivity index (χ2n) is 3.40. The highest BCUT2D eigenvalue weighted by molar-refractivity contribution is 6.28. The van der Waals surface area contributed by atoms with Crippen molar-refractivity contribution in [2.24, 2.45) is 0 Å². The van der Waals surface area contributed by atoms with Gasteiger partial charge >= 0.3 is 0 Å². The first-order chi connectivity index (χ1) is 7.20. The normalized spacial score (nSPS) is 13.0. The minimum atomic E-state index is 0.209. The van der Waals surface area contributed by atoms with Gasteiger partial charge in [0.25, 0.3) is 0 Å². The van der Waals surface area contributed by atoms with Crippen molar-refractivity contribution in [3.05, 3.63) is 11.6 Å². The molecule has 0 aliphatic rings. The first-order valence-corrected chi connectivity index (χ1v) is 5.21. The maximum absolute atomic E-state index is 5.79. The fourth-order valence-corrected chi connectivity index (χ4v) is 1.41. The number of rotatable bonds is 3. The maximum atomic E-state index is 5.79. The number of aromatic amines is 1. The van der Waals surface area contributed by atoms with Gasteiger partial charge in [-0.3, -0.25) is 0 Å². The molecule has 2 heterocycles. The maximum Gasteiger partial charge on any atom is 0.226 e. The highest BCUT2D eigenvalue weighted by atomic mass is 35.5. The Hall–Kier alpha value is -1.36. The van der Waals surface area contributed by atoms with E-state index in [-0.39, 0.29) is 5.28 Å². The third kappa shape index (κ3) is 2.02. The van der Waals surface area contributed by atoms with Gasteiger partial charge in [0.15, 0.2) is 11.5 Å². The molecule has 0 aliphatic heterocycles. The van der Waals surface area contributed by atoms with Crippen LogP contribution in [0.3, 0.4) is 0 Å². The van der Waals surface area contributed by atoms with Gasteiger partial charge in [0.05, 0.1) is 6.33 Å². The Labute approximate surface area is 92.3 Å². The summed E-state index contributed by atoms with van der Waals surface area (Å²) in [5.74, 6) is 0.705. The highest BCUT2D eigenvalue weighted by Crippen LogP contribution is 2.19. The van der Waals surface area contributed by atoms with Gasteiger partial charge in [0, 0.05) is 6.04 Å². The third-order valence-electron chi connectivity index (χ3n) is 2.25. The van der Waals surface area contributed by atoms with E-state index >= 15 is 0 Å². The van der Waals surface area contributed by atoms with Crippen molar-refractivity contribution in [3.8, 4) is 0 Å². The Morgan fingerprint density at radius 1 is 1.53 bits per heavy atom. The molecule has 0 saturated heterocycles. The van der Waals surface area contributed by atoms with E-state index < -0.39 is 0 Å². The molecule has 0 aromatic carbocycles. The van der Waals surface area contributed by atoms with E-state index in [2.05, 4.69) is 39.1 Å². The van der Waals surface area contributed by atoms with E-state index in [1.54, 1.807) is 6.33 Å². The van der Waals surface area contributed by atoms with Crippen LogP contribution in [-0.4, -0.2) is 26.0 Å². The summed E-state index contributed by atoms with van der Waals surface area (Å²) < 4.78 is 0. The molecule has 1 atom stereocenters. The monoisotopic (exact) mass is 225 g/mol. The smallest absolute Gasteiger partial charge is 0.226 e. The summed E-state index contributed by atoms with van der Waals surface area (Å²) in [6.07, 6.45) is 2.59. The lowest BCUT2D eigenvalue weighted by atomic mass is 10.2. The standard InChI is InChI=1S/C9H12ClN5/c1-3-5(2)13-8-6-7(12-4-11-6)14-9(10)15-8/h4-5H,3H2,1-2H3,(H2,11,12,13,14,15)/t5-/m0/s1. The van der Waals surface area contributed by atoms with Crippen LogP contribution in [0.25, 0.3) is 11.2 Å². The summed E-state index contributed by atoms with van der Waals surface area (Å²) in [4.78, 5) is 15.2. The van der Waals surface area contributed by atoms with Gasteiger partial charge < -0.3 is 10.3 Å². The highest BCUT2D eigenvalue weighted by Gasteiger charge is 2.10. The van der Waals surface area contributed by atoms with E-state index in [1.165, 1.54) is 0 Å². The molecule has 2 aromatic heterocycles. The Morgan fingerprint density at radius 3 is 3.07 bits per heavy atom. The summed E-state index contributed by atoms with van der Waals surface area (Å²) in [7, 11) is 0. The SMILES string of the molecule is CC[C@H](C)Nc1nc(Cl)nc2nc[nH]c12. The topological polar surface area (TPSA) is 66.5 Å². The molecule has 2 N–H and O–H groups in total. The van der Waals surface area contributed by atoms with Crippen molar-refractivity contribution in [2.75, 3.05) is 5.32 Å². The molecule has 2 rings (SSSR count). The number of hydrogen-bond donors (Lipinski definition) is 2. The Kier molecular flexibility index (Phi) is 2.73. The summed E-state index contributed by atoms with van der Waals surface area (Å²) in [5, 5.41) is 3.46. The molecule has 0 bridgehead atoms. The van der Waals surface area contributed by atoms with Crippen LogP contribution in [0.1, 0.15) is 20.3 Å². The lowest BCUT2D eigenvalue weighted by molar-refractivity contribution is 0.760. The first kappa shape index (κ1) is 10.2. The largest absolute Gasteiger partial charge is 0.366 e.